The molecule has 2 fully saturated rings. The first-order valence-corrected chi connectivity index (χ1v) is 13.7. The lowest BCUT2D eigenvalue weighted by Crippen LogP contribution is -2.41. The lowest BCUT2D eigenvalue weighted by Gasteiger charge is -2.27. The largest absolute Gasteiger partial charge is 0.492 e. The number of fused-ring (bicyclic) bond motifs is 3. The molecule has 1 saturated carbocycles. The molecule has 3 heterocycles. The van der Waals surface area contributed by atoms with Crippen LogP contribution in [-0.4, -0.2) is 53.1 Å². The molecule has 36 heavy (non-hydrogen) atoms. The zero-order chi connectivity index (χ0) is 24.6. The lowest BCUT2D eigenvalue weighted by molar-refractivity contribution is -0.122. The first-order chi connectivity index (χ1) is 17.5. The number of nitrogens with one attached hydrogen (secondary N) is 2. The fourth-order valence-electron chi connectivity index (χ4n) is 5.81. The standard InChI is InChI=1S/C27H32N6O2S/c1-16-15-36-24-22(16)31-27(32-26(24)30-23-18-5-4-17(14-18)21(23)25(28)34)29-19-6-8-20(9-7-19)35-13-12-33-10-2-3-11-33/h4-9,15,17-18,21,23H,2-3,10-14H2,1H3,(H2,28,34)(H2,29,30,31,32). The van der Waals surface area contributed by atoms with Crippen LogP contribution >= 0.6 is 11.3 Å². The first-order valence-electron chi connectivity index (χ1n) is 12.8. The second kappa shape index (κ2) is 9.71. The van der Waals surface area contributed by atoms with E-state index in [2.05, 4.69) is 40.0 Å². The van der Waals surface area contributed by atoms with Crippen molar-refractivity contribution in [2.24, 2.45) is 23.5 Å². The van der Waals surface area contributed by atoms with Crippen LogP contribution < -0.4 is 21.1 Å². The van der Waals surface area contributed by atoms with Crippen molar-refractivity contribution in [3.05, 3.63) is 47.4 Å². The van der Waals surface area contributed by atoms with Crippen LogP contribution in [0.15, 0.2) is 41.8 Å². The van der Waals surface area contributed by atoms with Gasteiger partial charge in [0.2, 0.25) is 11.9 Å². The molecule has 8 nitrogen and oxygen atoms in total. The maximum absolute atomic E-state index is 12.2. The van der Waals surface area contributed by atoms with Crippen LogP contribution in [0.4, 0.5) is 17.5 Å². The molecular weight excluding hydrogens is 472 g/mol. The van der Waals surface area contributed by atoms with Crippen LogP contribution in [0.3, 0.4) is 0 Å². The summed E-state index contributed by atoms with van der Waals surface area (Å²) in [7, 11) is 0. The number of hydrogen-bond acceptors (Lipinski definition) is 8. The number of likely N-dealkylation sites (tertiary alicyclic amines) is 1. The molecule has 0 radical (unpaired) electrons. The van der Waals surface area contributed by atoms with Gasteiger partial charge in [-0.25, -0.2) is 4.98 Å². The molecule has 4 unspecified atom stereocenters. The Kier molecular flexibility index (Phi) is 6.27. The summed E-state index contributed by atoms with van der Waals surface area (Å²) in [5.74, 6) is 2.14. The van der Waals surface area contributed by atoms with E-state index in [1.807, 2.05) is 24.3 Å². The summed E-state index contributed by atoms with van der Waals surface area (Å²) in [5.41, 5.74) is 8.68. The maximum Gasteiger partial charge on any atom is 0.229 e. The lowest BCUT2D eigenvalue weighted by atomic mass is 9.88. The zero-order valence-electron chi connectivity index (χ0n) is 20.4. The van der Waals surface area contributed by atoms with Crippen LogP contribution in [0.1, 0.15) is 24.8 Å². The molecule has 2 aromatic heterocycles. The number of anilines is 3. The topological polar surface area (TPSA) is 105 Å². The molecule has 1 aromatic carbocycles. The van der Waals surface area contributed by atoms with Crippen molar-refractivity contribution in [1.82, 2.24) is 14.9 Å². The van der Waals surface area contributed by atoms with Gasteiger partial charge in [-0.2, -0.15) is 4.98 Å². The van der Waals surface area contributed by atoms with Crippen molar-refractivity contribution in [3.8, 4) is 5.75 Å². The number of carbonyl (C=O) groups excluding carboxylic acids is 1. The van der Waals surface area contributed by atoms with E-state index in [4.69, 9.17) is 20.4 Å². The summed E-state index contributed by atoms with van der Waals surface area (Å²) in [5, 5.41) is 9.02. The Bertz CT molecular complexity index is 1280. The number of ether oxygens (including phenoxy) is 1. The summed E-state index contributed by atoms with van der Waals surface area (Å²) in [6.07, 6.45) is 7.88. The number of amides is 1. The molecular formula is C27H32N6O2S. The summed E-state index contributed by atoms with van der Waals surface area (Å²) >= 11 is 1.62. The molecule has 188 valence electrons. The van der Waals surface area contributed by atoms with E-state index in [1.165, 1.54) is 25.9 Å². The van der Waals surface area contributed by atoms with Gasteiger partial charge in [0.25, 0.3) is 0 Å². The van der Waals surface area contributed by atoms with Crippen LogP contribution in [0.5, 0.6) is 5.75 Å². The number of thiophene rings is 1. The Hall–Kier alpha value is -3.17. The van der Waals surface area contributed by atoms with Crippen LogP contribution in [0.2, 0.25) is 0 Å². The van der Waals surface area contributed by atoms with E-state index < -0.39 is 0 Å². The highest BCUT2D eigenvalue weighted by molar-refractivity contribution is 7.18. The molecule has 1 amide bonds. The smallest absolute Gasteiger partial charge is 0.229 e. The van der Waals surface area contributed by atoms with E-state index in [1.54, 1.807) is 11.3 Å². The molecule has 3 aromatic rings. The molecule has 3 aliphatic rings. The number of aromatic nitrogens is 2. The van der Waals surface area contributed by atoms with E-state index in [0.29, 0.717) is 12.6 Å². The van der Waals surface area contributed by atoms with Crippen molar-refractivity contribution in [1.29, 1.82) is 0 Å². The molecule has 0 spiro atoms. The van der Waals surface area contributed by atoms with Gasteiger partial charge in [-0.05, 0) is 86.3 Å². The van der Waals surface area contributed by atoms with Crippen molar-refractivity contribution in [2.75, 3.05) is 36.9 Å². The van der Waals surface area contributed by atoms with Gasteiger partial charge in [-0.15, -0.1) is 11.3 Å². The highest BCUT2D eigenvalue weighted by atomic mass is 32.1. The first kappa shape index (κ1) is 23.2. The average Bonchev–Trinajstić information content (AvgIpc) is 3.66. The summed E-state index contributed by atoms with van der Waals surface area (Å²) < 4.78 is 6.93. The van der Waals surface area contributed by atoms with E-state index in [-0.39, 0.29) is 29.7 Å². The second-order valence-electron chi connectivity index (χ2n) is 10.1. The number of primary amides is 1. The molecule has 2 aliphatic carbocycles. The Labute approximate surface area is 214 Å². The molecule has 9 heteroatoms. The molecule has 1 aliphatic heterocycles. The average molecular weight is 505 g/mol. The summed E-state index contributed by atoms with van der Waals surface area (Å²) in [6.45, 7) is 6.08. The number of carbonyl (C=O) groups is 1. The van der Waals surface area contributed by atoms with Gasteiger partial charge in [0.05, 0.1) is 16.1 Å². The minimum absolute atomic E-state index is 0.0529. The zero-order valence-corrected chi connectivity index (χ0v) is 21.3. The van der Waals surface area contributed by atoms with Crippen LogP contribution in [0.25, 0.3) is 10.2 Å². The van der Waals surface area contributed by atoms with Crippen molar-refractivity contribution < 1.29 is 9.53 Å². The Morgan fingerprint density at radius 2 is 1.94 bits per heavy atom. The maximum atomic E-state index is 12.2. The highest BCUT2D eigenvalue weighted by Crippen LogP contribution is 2.45. The minimum Gasteiger partial charge on any atom is -0.492 e. The van der Waals surface area contributed by atoms with E-state index in [9.17, 15) is 4.79 Å². The second-order valence-corrected chi connectivity index (χ2v) is 11.0. The van der Waals surface area contributed by atoms with Gasteiger partial charge in [-0.1, -0.05) is 12.2 Å². The molecule has 2 bridgehead atoms. The summed E-state index contributed by atoms with van der Waals surface area (Å²) in [4.78, 5) is 24.3. The van der Waals surface area contributed by atoms with Gasteiger partial charge >= 0.3 is 0 Å². The Morgan fingerprint density at radius 1 is 1.17 bits per heavy atom. The van der Waals surface area contributed by atoms with E-state index in [0.717, 1.165) is 46.0 Å². The summed E-state index contributed by atoms with van der Waals surface area (Å²) in [6, 6.07) is 7.85. The van der Waals surface area contributed by atoms with Gasteiger partial charge in [0.15, 0.2) is 0 Å². The van der Waals surface area contributed by atoms with Gasteiger partial charge < -0.3 is 21.1 Å². The Balaban J connectivity index is 1.18. The van der Waals surface area contributed by atoms with Crippen molar-refractivity contribution in [2.45, 2.75) is 32.2 Å². The predicted octanol–water partition coefficient (Wildman–Crippen LogP) is 4.31. The predicted molar refractivity (Wildman–Crippen MR) is 144 cm³/mol. The highest BCUT2D eigenvalue weighted by Gasteiger charge is 2.47. The number of hydrogen-bond donors (Lipinski definition) is 3. The molecule has 1 saturated heterocycles. The van der Waals surface area contributed by atoms with E-state index >= 15 is 0 Å². The normalized spacial score (nSPS) is 25.0. The quantitative estimate of drug-likeness (QED) is 0.373. The number of allylic oxidation sites excluding steroid dienone is 1. The number of aryl methyl sites for hydroxylation is 1. The molecule has 6 rings (SSSR count). The number of benzene rings is 1. The third kappa shape index (κ3) is 4.53. The molecule has 4 N–H and O–H groups in total. The van der Waals surface area contributed by atoms with Gasteiger partial charge in [0, 0.05) is 18.3 Å². The fourth-order valence-corrected chi connectivity index (χ4v) is 6.75. The van der Waals surface area contributed by atoms with Gasteiger partial charge in [-0.3, -0.25) is 9.69 Å². The van der Waals surface area contributed by atoms with Crippen molar-refractivity contribution >= 4 is 44.9 Å². The fraction of sp³-hybridized carbons (Fsp3) is 0.444. The monoisotopic (exact) mass is 504 g/mol. The SMILES string of the molecule is Cc1csc2c(NC3C4C=CC(C4)C3C(N)=O)nc(Nc3ccc(OCCN4CCCC4)cc3)nc12. The van der Waals surface area contributed by atoms with Crippen LogP contribution in [0, 0.1) is 24.7 Å². The Morgan fingerprint density at radius 3 is 2.72 bits per heavy atom. The van der Waals surface area contributed by atoms with Gasteiger partial charge in [0.1, 0.15) is 18.2 Å². The number of nitrogens with zero attached hydrogens (tertiary/aromatic N) is 3. The molecule has 4 atom stereocenters. The third-order valence-electron chi connectivity index (χ3n) is 7.67. The number of rotatable bonds is 9. The van der Waals surface area contributed by atoms with Crippen LogP contribution in [-0.2, 0) is 4.79 Å². The minimum atomic E-state index is -0.252. The third-order valence-corrected chi connectivity index (χ3v) is 8.76. The van der Waals surface area contributed by atoms with Crippen molar-refractivity contribution in [3.63, 3.8) is 0 Å². The number of nitrogens with two attached hydrogens (primary N) is 1.